The molecule has 1 aromatic heterocycles. The molecule has 0 spiro atoms. The predicted octanol–water partition coefficient (Wildman–Crippen LogP) is 6.04. The first-order valence-electron chi connectivity index (χ1n) is 11.6. The molecule has 35 heavy (non-hydrogen) atoms. The van der Waals surface area contributed by atoms with E-state index in [2.05, 4.69) is 18.4 Å². The van der Waals surface area contributed by atoms with Crippen molar-refractivity contribution in [2.24, 2.45) is 0 Å². The quantitative estimate of drug-likeness (QED) is 0.165. The van der Waals surface area contributed by atoms with Gasteiger partial charge in [0.1, 0.15) is 5.68 Å². The minimum absolute atomic E-state index is 0.00659. The number of thioether (sulfide) groups is 1. The Labute approximate surface area is 214 Å². The Balaban J connectivity index is 0.00000298. The summed E-state index contributed by atoms with van der Waals surface area (Å²) >= 11 is 1.01. The summed E-state index contributed by atoms with van der Waals surface area (Å²) in [5.41, 5.74) is 3.63. The highest BCUT2D eigenvalue weighted by atomic mass is 32.2. The van der Waals surface area contributed by atoms with E-state index in [1.165, 1.54) is 0 Å². The Morgan fingerprint density at radius 3 is 2.43 bits per heavy atom. The van der Waals surface area contributed by atoms with E-state index in [1.54, 1.807) is 45.8 Å². The summed E-state index contributed by atoms with van der Waals surface area (Å²) in [6.45, 7) is 13.2. The average molecular weight is 492 g/mol. The number of furan rings is 1. The van der Waals surface area contributed by atoms with Gasteiger partial charge in [-0.3, -0.25) is 4.79 Å². The fourth-order valence-electron chi connectivity index (χ4n) is 3.51. The van der Waals surface area contributed by atoms with Crippen molar-refractivity contribution in [2.75, 3.05) is 14.2 Å². The molecule has 1 aromatic carbocycles. The van der Waals surface area contributed by atoms with Crippen molar-refractivity contribution in [1.29, 1.82) is 0 Å². The minimum atomic E-state index is -0.337. The van der Waals surface area contributed by atoms with E-state index < -0.39 is 0 Å². The lowest BCUT2D eigenvalue weighted by Crippen LogP contribution is -2.35. The maximum absolute atomic E-state index is 13.6. The Morgan fingerprint density at radius 2 is 1.89 bits per heavy atom. The van der Waals surface area contributed by atoms with Gasteiger partial charge in [0, 0.05) is 5.56 Å². The topological polar surface area (TPSA) is 65.7 Å². The molecule has 2 aromatic rings. The molecule has 0 fully saturated rings. The number of benzene rings is 1. The summed E-state index contributed by atoms with van der Waals surface area (Å²) in [6.07, 6.45) is 4.50. The highest BCUT2D eigenvalue weighted by Gasteiger charge is 2.31. The SMILES string of the molecule is C=C(C#Cc1ccc(OC)c(OC)c1)B(C)/C(C(=O)B(CC)Cc1ccoc1)=C(\C)SC=O.CC. The molecule has 0 saturated carbocycles. The third-order valence-electron chi connectivity index (χ3n) is 5.50. The summed E-state index contributed by atoms with van der Waals surface area (Å²) < 4.78 is 15.7. The zero-order valence-electron chi connectivity index (χ0n) is 21.8. The van der Waals surface area contributed by atoms with E-state index in [0.29, 0.717) is 40.0 Å². The van der Waals surface area contributed by atoms with Gasteiger partial charge in [0.2, 0.25) is 13.4 Å². The minimum Gasteiger partial charge on any atom is -0.493 e. The molecule has 184 valence electrons. The first-order valence-corrected chi connectivity index (χ1v) is 12.5. The molecule has 8 heteroatoms. The number of carbonyl (C=O) groups is 2. The number of methoxy groups -OCH3 is 2. The van der Waals surface area contributed by atoms with Gasteiger partial charge in [-0.15, -0.1) is 0 Å². The van der Waals surface area contributed by atoms with Crippen LogP contribution in [0.1, 0.15) is 38.8 Å². The lowest BCUT2D eigenvalue weighted by molar-refractivity contribution is -0.108. The lowest BCUT2D eigenvalue weighted by atomic mass is 9.31. The summed E-state index contributed by atoms with van der Waals surface area (Å²) in [5.74, 6) is 7.38. The maximum Gasteiger partial charge on any atom is 0.232 e. The van der Waals surface area contributed by atoms with Crippen LogP contribution in [0.3, 0.4) is 0 Å². The molecule has 0 atom stereocenters. The van der Waals surface area contributed by atoms with Gasteiger partial charge in [0.05, 0.1) is 26.7 Å². The number of hydrogen-bond acceptors (Lipinski definition) is 6. The second-order valence-electron chi connectivity index (χ2n) is 7.56. The van der Waals surface area contributed by atoms with Crippen LogP contribution in [0.25, 0.3) is 0 Å². The molecule has 2 rings (SSSR count). The molecule has 5 nitrogen and oxygen atoms in total. The lowest BCUT2D eigenvalue weighted by Gasteiger charge is -2.18. The maximum atomic E-state index is 13.6. The standard InChI is InChI=1S/C25H28B2O5S.C2H6/c1-7-27(15-21-12-13-32-16-21)25(29)24(19(3)33-17-28)26(4)18(2)8-9-20-10-11-22(30-5)23(14-20)31-6;1-2/h10-14,16-17H,2,7,15H2,1,3-6H3;1-2H3/b24-19+;. The summed E-state index contributed by atoms with van der Waals surface area (Å²) in [7, 11) is 3.15. The van der Waals surface area contributed by atoms with Crippen molar-refractivity contribution in [1.82, 2.24) is 0 Å². The molecular weight excluding hydrogens is 458 g/mol. The van der Waals surface area contributed by atoms with Gasteiger partial charge in [0.25, 0.3) is 0 Å². The molecule has 0 saturated heterocycles. The normalized spacial score (nSPS) is 10.5. The zero-order valence-corrected chi connectivity index (χ0v) is 22.6. The van der Waals surface area contributed by atoms with Crippen LogP contribution in [0.15, 0.2) is 63.6 Å². The van der Waals surface area contributed by atoms with E-state index in [4.69, 9.17) is 13.9 Å². The molecule has 0 bridgehead atoms. The highest BCUT2D eigenvalue weighted by molar-refractivity contribution is 8.15. The number of allylic oxidation sites excluding steroid dienone is 3. The second kappa shape index (κ2) is 15.8. The highest BCUT2D eigenvalue weighted by Crippen LogP contribution is 2.28. The van der Waals surface area contributed by atoms with Gasteiger partial charge in [-0.05, 0) is 58.9 Å². The van der Waals surface area contributed by atoms with Crippen LogP contribution in [0.5, 0.6) is 11.5 Å². The van der Waals surface area contributed by atoms with Gasteiger partial charge in [-0.2, -0.15) is 0 Å². The van der Waals surface area contributed by atoms with Crippen molar-refractivity contribution >= 4 is 36.5 Å². The van der Waals surface area contributed by atoms with E-state index in [1.807, 2.05) is 39.7 Å². The number of carbonyl (C=O) groups excluding carboxylic acids is 2. The van der Waals surface area contributed by atoms with Gasteiger partial charge in [0.15, 0.2) is 17.1 Å². The van der Waals surface area contributed by atoms with Crippen molar-refractivity contribution in [3.63, 3.8) is 0 Å². The fourth-order valence-corrected chi connectivity index (χ4v) is 4.06. The van der Waals surface area contributed by atoms with E-state index in [0.717, 1.165) is 28.5 Å². The van der Waals surface area contributed by atoms with Crippen LogP contribution in [0.4, 0.5) is 0 Å². The van der Waals surface area contributed by atoms with E-state index in [-0.39, 0.29) is 19.1 Å². The molecular formula is C27H34B2O5S. The molecule has 1 heterocycles. The second-order valence-corrected chi connectivity index (χ2v) is 8.60. The van der Waals surface area contributed by atoms with Crippen LogP contribution in [0.2, 0.25) is 13.1 Å². The number of ether oxygens (including phenoxy) is 2. The molecule has 0 aliphatic carbocycles. The predicted molar refractivity (Wildman–Crippen MR) is 149 cm³/mol. The van der Waals surface area contributed by atoms with Crippen LogP contribution < -0.4 is 9.47 Å². The van der Waals surface area contributed by atoms with Crippen LogP contribution in [-0.2, 0) is 15.9 Å². The summed E-state index contributed by atoms with van der Waals surface area (Å²) in [5, 5.41) is 0. The fraction of sp³-hybridized carbons (Fsp3) is 0.333. The molecule has 0 unspecified atom stereocenters. The Bertz CT molecular complexity index is 1080. The van der Waals surface area contributed by atoms with Crippen molar-refractivity contribution in [3.05, 3.63) is 70.3 Å². The van der Waals surface area contributed by atoms with Crippen molar-refractivity contribution < 1.29 is 23.5 Å². The van der Waals surface area contributed by atoms with Gasteiger partial charge >= 0.3 is 0 Å². The number of rotatable bonds is 11. The van der Waals surface area contributed by atoms with Crippen LogP contribution in [-0.4, -0.2) is 38.9 Å². The average Bonchev–Trinajstić information content (AvgIpc) is 3.40. The monoisotopic (exact) mass is 492 g/mol. The molecule has 0 N–H and O–H groups in total. The molecule has 0 radical (unpaired) electrons. The zero-order chi connectivity index (χ0) is 26.4. The Hall–Kier alpha value is -3.04. The third-order valence-corrected chi connectivity index (χ3v) is 6.17. The van der Waals surface area contributed by atoms with E-state index in [9.17, 15) is 9.59 Å². The molecule has 0 amide bonds. The van der Waals surface area contributed by atoms with Crippen LogP contribution >= 0.6 is 11.8 Å². The van der Waals surface area contributed by atoms with Crippen LogP contribution in [0, 0.1) is 11.8 Å². The summed E-state index contributed by atoms with van der Waals surface area (Å²) in [4.78, 5) is 25.4. The van der Waals surface area contributed by atoms with Gasteiger partial charge in [-0.1, -0.05) is 64.1 Å². The smallest absolute Gasteiger partial charge is 0.232 e. The first-order chi connectivity index (χ1) is 16.9. The Kier molecular flexibility index (Phi) is 13.5. The van der Waals surface area contributed by atoms with Gasteiger partial charge in [-0.25, -0.2) is 0 Å². The summed E-state index contributed by atoms with van der Waals surface area (Å²) in [6, 6.07) is 7.27. The third kappa shape index (κ3) is 8.60. The van der Waals surface area contributed by atoms with Crippen molar-refractivity contribution in [3.8, 4) is 23.3 Å². The van der Waals surface area contributed by atoms with E-state index >= 15 is 0 Å². The van der Waals surface area contributed by atoms with Crippen molar-refractivity contribution in [2.45, 2.75) is 47.2 Å². The number of hydrogen-bond donors (Lipinski definition) is 0. The molecule has 0 aliphatic rings. The largest absolute Gasteiger partial charge is 0.493 e. The van der Waals surface area contributed by atoms with Gasteiger partial charge < -0.3 is 18.7 Å². The molecule has 0 aliphatic heterocycles. The Morgan fingerprint density at radius 1 is 1.20 bits per heavy atom. The first kappa shape index (κ1) is 30.0.